The molecule has 0 saturated heterocycles. The summed E-state index contributed by atoms with van der Waals surface area (Å²) in [4.78, 5) is 40.2. The number of ether oxygens (including phenoxy) is 1. The van der Waals surface area contributed by atoms with Crippen LogP contribution in [0.5, 0.6) is 0 Å². The van der Waals surface area contributed by atoms with Gasteiger partial charge in [0.25, 0.3) is 7.82 Å². The molecule has 0 spiro atoms. The summed E-state index contributed by atoms with van der Waals surface area (Å²) in [6, 6.07) is -0.893. The van der Waals surface area contributed by atoms with E-state index >= 15 is 0 Å². The van der Waals surface area contributed by atoms with Crippen LogP contribution in [0.15, 0.2) is 72.9 Å². The van der Waals surface area contributed by atoms with Gasteiger partial charge in [0.15, 0.2) is 0 Å². The van der Waals surface area contributed by atoms with Gasteiger partial charge < -0.3 is 28.5 Å². The zero-order chi connectivity index (χ0) is 62.8. The monoisotopic (exact) mass is 1230 g/mol. The zero-order valence-corrected chi connectivity index (χ0v) is 58.4. The van der Waals surface area contributed by atoms with Gasteiger partial charge in [-0.05, 0) is 102 Å². The highest BCUT2D eigenvalue weighted by Gasteiger charge is 2.27. The minimum absolute atomic E-state index is 0.0238. The number of phosphoric ester groups is 1. The van der Waals surface area contributed by atoms with Crippen molar-refractivity contribution in [1.29, 1.82) is 0 Å². The normalized spacial score (nSPS) is 13.9. The quantitative estimate of drug-likeness (QED) is 0.0212. The van der Waals surface area contributed by atoms with E-state index in [1.54, 1.807) is 0 Å². The Labute approximate surface area is 533 Å². The molecule has 0 bridgehead atoms. The third-order valence-electron chi connectivity index (χ3n) is 16.4. The van der Waals surface area contributed by atoms with Crippen molar-refractivity contribution in [2.75, 3.05) is 40.9 Å². The molecule has 0 aromatic carbocycles. The molecule has 0 aliphatic heterocycles. The summed E-state index contributed by atoms with van der Waals surface area (Å²) in [5.41, 5.74) is 0. The van der Waals surface area contributed by atoms with E-state index in [-0.39, 0.29) is 31.5 Å². The van der Waals surface area contributed by atoms with Crippen LogP contribution in [-0.2, 0) is 27.9 Å². The molecule has 86 heavy (non-hydrogen) atoms. The number of esters is 1. The minimum Gasteiger partial charge on any atom is -0.756 e. The van der Waals surface area contributed by atoms with Gasteiger partial charge in [-0.1, -0.05) is 306 Å². The lowest BCUT2D eigenvalue weighted by Crippen LogP contribution is -2.47. The molecule has 0 heterocycles. The zero-order valence-electron chi connectivity index (χ0n) is 57.5. The Morgan fingerprint density at radius 3 is 1.09 bits per heavy atom. The van der Waals surface area contributed by atoms with Gasteiger partial charge in [-0.25, -0.2) is 0 Å². The number of quaternary nitrogens is 1. The Balaban J connectivity index is 5.02. The van der Waals surface area contributed by atoms with E-state index < -0.39 is 20.0 Å². The number of nitrogens with one attached hydrogen (secondary N) is 1. The Kier molecular flexibility index (Phi) is 63.5. The van der Waals surface area contributed by atoms with E-state index in [0.29, 0.717) is 17.4 Å². The Morgan fingerprint density at radius 1 is 0.407 bits per heavy atom. The molecule has 3 atom stereocenters. The first kappa shape index (κ1) is 83.5. The van der Waals surface area contributed by atoms with Crippen LogP contribution in [0.2, 0.25) is 0 Å². The summed E-state index contributed by atoms with van der Waals surface area (Å²) >= 11 is 0. The highest BCUT2D eigenvalue weighted by molar-refractivity contribution is 7.45. The number of unbranched alkanes of at least 4 members (excludes halogenated alkanes) is 41. The van der Waals surface area contributed by atoms with Crippen molar-refractivity contribution in [3.63, 3.8) is 0 Å². The average molecular weight is 1230 g/mol. The van der Waals surface area contributed by atoms with Crippen LogP contribution in [0.3, 0.4) is 0 Å². The fraction of sp³-hybridized carbons (Fsp3) is 0.816. The summed E-state index contributed by atoms with van der Waals surface area (Å²) in [5, 5.41) is 3.05. The van der Waals surface area contributed by atoms with Crippen LogP contribution in [0.1, 0.15) is 348 Å². The smallest absolute Gasteiger partial charge is 0.306 e. The number of carbonyl (C=O) groups is 2. The Morgan fingerprint density at radius 2 is 0.709 bits per heavy atom. The number of carbonyl (C=O) groups excluding carboxylic acids is 2. The second-order valence-electron chi connectivity index (χ2n) is 26.1. The second-order valence-corrected chi connectivity index (χ2v) is 27.5. The van der Waals surface area contributed by atoms with Gasteiger partial charge in [-0.3, -0.25) is 14.2 Å². The first-order valence-corrected chi connectivity index (χ1v) is 38.2. The molecule has 0 fully saturated rings. The molecule has 0 aliphatic rings. The fourth-order valence-corrected chi connectivity index (χ4v) is 11.4. The van der Waals surface area contributed by atoms with Gasteiger partial charge in [-0.2, -0.15) is 0 Å². The van der Waals surface area contributed by atoms with Gasteiger partial charge in [0.1, 0.15) is 19.3 Å². The summed E-state index contributed by atoms with van der Waals surface area (Å²) in [5.74, 6) is -0.534. The predicted octanol–water partition coefficient (Wildman–Crippen LogP) is 22.9. The maximum Gasteiger partial charge on any atom is 0.306 e. The molecular weight excluding hydrogens is 1080 g/mol. The first-order chi connectivity index (χ1) is 41.9. The minimum atomic E-state index is -4.71. The second kappa shape index (κ2) is 65.4. The number of phosphoric acid groups is 1. The Hall–Kier alpha value is -2.55. The van der Waals surface area contributed by atoms with Crippen molar-refractivity contribution in [3.05, 3.63) is 72.9 Å². The van der Waals surface area contributed by atoms with E-state index in [4.69, 9.17) is 13.8 Å². The molecule has 502 valence electrons. The lowest BCUT2D eigenvalue weighted by atomic mass is 10.0. The van der Waals surface area contributed by atoms with E-state index in [1.807, 2.05) is 33.3 Å². The van der Waals surface area contributed by atoms with Gasteiger partial charge in [0.05, 0.1) is 33.8 Å². The van der Waals surface area contributed by atoms with Crippen LogP contribution in [0, 0.1) is 0 Å². The molecule has 0 rings (SSSR count). The van der Waals surface area contributed by atoms with Crippen LogP contribution in [0.25, 0.3) is 0 Å². The maximum atomic E-state index is 13.6. The highest BCUT2D eigenvalue weighted by Crippen LogP contribution is 2.38. The summed E-state index contributed by atoms with van der Waals surface area (Å²) in [6.45, 7) is 6.85. The van der Waals surface area contributed by atoms with Crippen molar-refractivity contribution >= 4 is 19.7 Å². The third kappa shape index (κ3) is 65.9. The number of allylic oxidation sites excluding steroid dienone is 11. The number of rotatable bonds is 67. The number of hydrogen-bond donors (Lipinski definition) is 1. The summed E-state index contributed by atoms with van der Waals surface area (Å²) < 4.78 is 30.5. The van der Waals surface area contributed by atoms with Gasteiger partial charge in [0.2, 0.25) is 5.91 Å². The lowest BCUT2D eigenvalue weighted by Gasteiger charge is -2.30. The summed E-state index contributed by atoms with van der Waals surface area (Å²) in [7, 11) is 1.19. The molecule has 1 amide bonds. The molecule has 0 aliphatic carbocycles. The SMILES string of the molecule is CCCCC/C=C\C/C=C\C/C=C\C/C=C\CCCCCCCCCCCCCC(=O)NC(COP(=O)([O-])OCC[N+](C)(C)C)C(/C=C\CCCCCCCCCCCC)OC(=O)CCCCCCCCCCCCC/C=C/CCCCCCCC. The maximum absolute atomic E-state index is 13.6. The van der Waals surface area contributed by atoms with E-state index in [2.05, 4.69) is 86.8 Å². The first-order valence-electron chi connectivity index (χ1n) is 36.7. The van der Waals surface area contributed by atoms with Crippen molar-refractivity contribution in [2.45, 2.75) is 360 Å². The lowest BCUT2D eigenvalue weighted by molar-refractivity contribution is -0.870. The topological polar surface area (TPSA) is 114 Å². The molecule has 0 radical (unpaired) electrons. The number of likely N-dealkylation sites (N-methyl/N-ethyl adjacent to an activating group) is 1. The molecule has 0 aromatic heterocycles. The molecule has 10 heteroatoms. The fourth-order valence-electron chi connectivity index (χ4n) is 10.7. The third-order valence-corrected chi connectivity index (χ3v) is 17.3. The Bertz CT molecular complexity index is 1700. The molecular formula is C76H141N2O7P. The van der Waals surface area contributed by atoms with Crippen LogP contribution in [0.4, 0.5) is 0 Å². The molecule has 9 nitrogen and oxygen atoms in total. The van der Waals surface area contributed by atoms with Crippen molar-refractivity contribution in [3.8, 4) is 0 Å². The van der Waals surface area contributed by atoms with Crippen molar-refractivity contribution in [1.82, 2.24) is 5.32 Å². The predicted molar refractivity (Wildman–Crippen MR) is 372 cm³/mol. The van der Waals surface area contributed by atoms with Crippen LogP contribution < -0.4 is 10.2 Å². The standard InChI is InChI=1S/C76H141N2O7P/c1-7-10-13-16-19-22-25-28-30-32-34-36-37-38-39-40-41-43-44-46-48-50-53-56-59-62-65-68-75(79)77-73(72-84-86(81,82)83-71-70-78(4,5)6)74(67-64-61-58-55-52-27-24-21-18-15-12-9-3)85-76(80)69-66-63-60-57-54-51-49-47-45-42-35-33-31-29-26-23-20-17-14-11-8-2/h19,22,28-31,34,36,38-39,64,67,73-74H,7-18,20-21,23-27,32-33,35,37,40-63,65-66,68-72H2,1-6H3,(H-,77,79,81,82)/b22-19-,30-28-,31-29+,36-34-,39-38-,67-64-. The molecule has 3 unspecified atom stereocenters. The average Bonchev–Trinajstić information content (AvgIpc) is 3.67. The van der Waals surface area contributed by atoms with Crippen LogP contribution in [-0.4, -0.2) is 69.4 Å². The largest absolute Gasteiger partial charge is 0.756 e. The van der Waals surface area contributed by atoms with Crippen LogP contribution >= 0.6 is 7.82 Å². The van der Waals surface area contributed by atoms with Gasteiger partial charge in [-0.15, -0.1) is 0 Å². The molecule has 0 saturated carbocycles. The van der Waals surface area contributed by atoms with Crippen molar-refractivity contribution < 1.29 is 37.3 Å². The highest BCUT2D eigenvalue weighted by atomic mass is 31.2. The van der Waals surface area contributed by atoms with Gasteiger partial charge in [0, 0.05) is 12.8 Å². The summed E-state index contributed by atoms with van der Waals surface area (Å²) in [6.07, 6.45) is 86.0. The number of amides is 1. The van der Waals surface area contributed by atoms with E-state index in [0.717, 1.165) is 83.5 Å². The molecule has 1 N–H and O–H groups in total. The van der Waals surface area contributed by atoms with E-state index in [1.165, 1.54) is 231 Å². The number of nitrogens with zero attached hydrogens (tertiary/aromatic N) is 1. The number of hydrogen-bond acceptors (Lipinski definition) is 7. The van der Waals surface area contributed by atoms with E-state index in [9.17, 15) is 19.0 Å². The van der Waals surface area contributed by atoms with Crippen molar-refractivity contribution in [2.24, 2.45) is 0 Å². The van der Waals surface area contributed by atoms with Gasteiger partial charge >= 0.3 is 5.97 Å². The molecule has 0 aromatic rings.